The predicted molar refractivity (Wildman–Crippen MR) is 129 cm³/mol. The first kappa shape index (κ1) is 26.5. The molecule has 1 unspecified atom stereocenters. The van der Waals surface area contributed by atoms with Gasteiger partial charge in [0.05, 0.1) is 24.2 Å². The summed E-state index contributed by atoms with van der Waals surface area (Å²) >= 11 is 0. The number of ether oxygens (including phenoxy) is 7. The second-order valence-electron chi connectivity index (χ2n) is 12.5. The molecule has 10 nitrogen and oxygen atoms in total. The lowest BCUT2D eigenvalue weighted by Crippen LogP contribution is -2.58. The van der Waals surface area contributed by atoms with Crippen molar-refractivity contribution in [2.45, 2.75) is 88.7 Å². The number of hydrogen-bond acceptors (Lipinski definition) is 10. The Hall–Kier alpha value is -1.75. The lowest BCUT2D eigenvalue weighted by atomic mass is 9.59. The summed E-state index contributed by atoms with van der Waals surface area (Å²) in [6, 6.07) is 0. The van der Waals surface area contributed by atoms with Crippen molar-refractivity contribution < 1.29 is 47.5 Å². The topological polar surface area (TPSA) is 116 Å². The largest absolute Gasteiger partial charge is 0.462 e. The van der Waals surface area contributed by atoms with E-state index < -0.39 is 35.0 Å². The Morgan fingerprint density at radius 1 is 0.895 bits per heavy atom. The molecule has 6 aliphatic rings. The molecule has 10 heteroatoms. The van der Waals surface area contributed by atoms with Crippen LogP contribution >= 0.6 is 0 Å². The van der Waals surface area contributed by atoms with Crippen LogP contribution in [0.4, 0.5) is 0 Å². The van der Waals surface area contributed by atoms with Gasteiger partial charge in [-0.2, -0.15) is 0 Å². The Kier molecular flexibility index (Phi) is 6.18. The van der Waals surface area contributed by atoms with Crippen LogP contribution in [-0.2, 0) is 47.5 Å². The molecule has 212 valence electrons. The van der Waals surface area contributed by atoms with Gasteiger partial charge in [0.15, 0.2) is 0 Å². The van der Waals surface area contributed by atoms with E-state index >= 15 is 0 Å². The van der Waals surface area contributed by atoms with Crippen LogP contribution in [0.5, 0.6) is 0 Å². The van der Waals surface area contributed by atoms with Gasteiger partial charge < -0.3 is 33.2 Å². The summed E-state index contributed by atoms with van der Waals surface area (Å²) in [5.41, 5.74) is -2.12. The van der Waals surface area contributed by atoms with Gasteiger partial charge in [0.25, 0.3) is 0 Å². The molecular weight excluding hydrogens is 496 g/mol. The molecule has 4 bridgehead atoms. The maximum Gasteiger partial charge on any atom is 0.304 e. The number of methoxy groups -OCH3 is 3. The van der Waals surface area contributed by atoms with Gasteiger partial charge in [0, 0.05) is 78.1 Å². The zero-order valence-corrected chi connectivity index (χ0v) is 23.1. The zero-order chi connectivity index (χ0) is 27.2. The summed E-state index contributed by atoms with van der Waals surface area (Å²) in [7, 11) is 5.06. The van der Waals surface area contributed by atoms with E-state index in [4.69, 9.17) is 33.2 Å². The van der Waals surface area contributed by atoms with Crippen LogP contribution in [0.15, 0.2) is 0 Å². The fourth-order valence-corrected chi connectivity index (χ4v) is 10.7. The smallest absolute Gasteiger partial charge is 0.304 e. The third-order valence-electron chi connectivity index (χ3n) is 11.2. The second kappa shape index (κ2) is 8.88. The van der Waals surface area contributed by atoms with Crippen molar-refractivity contribution in [2.75, 3.05) is 27.9 Å². The summed E-state index contributed by atoms with van der Waals surface area (Å²) < 4.78 is 43.1. The van der Waals surface area contributed by atoms with E-state index in [0.29, 0.717) is 19.4 Å². The highest BCUT2D eigenvalue weighted by Gasteiger charge is 2.85. The zero-order valence-electron chi connectivity index (χ0n) is 23.1. The Labute approximate surface area is 223 Å². The molecule has 6 rings (SSSR count). The van der Waals surface area contributed by atoms with Gasteiger partial charge in [-0.3, -0.25) is 14.4 Å². The Bertz CT molecular complexity index is 1020. The van der Waals surface area contributed by atoms with Crippen LogP contribution < -0.4 is 0 Å². The van der Waals surface area contributed by atoms with Crippen molar-refractivity contribution in [2.24, 2.45) is 40.9 Å². The van der Waals surface area contributed by atoms with Gasteiger partial charge in [-0.25, -0.2) is 0 Å². The Balaban J connectivity index is 1.51. The Morgan fingerprint density at radius 3 is 2.24 bits per heavy atom. The third kappa shape index (κ3) is 3.17. The van der Waals surface area contributed by atoms with Crippen molar-refractivity contribution in [3.63, 3.8) is 0 Å². The molecule has 0 N–H and O–H groups in total. The first-order chi connectivity index (χ1) is 18.1. The minimum Gasteiger partial charge on any atom is -0.462 e. The van der Waals surface area contributed by atoms with E-state index in [2.05, 4.69) is 0 Å². The van der Waals surface area contributed by atoms with Crippen LogP contribution in [0.25, 0.3) is 0 Å². The fourth-order valence-electron chi connectivity index (χ4n) is 10.7. The first-order valence-electron chi connectivity index (χ1n) is 13.9. The molecule has 1 aliphatic heterocycles. The SMILES string of the molecule is COC[C@]12CC[C@H](OC)[C@@]3(OC1OC(C)=O)[C@@H]1[C@@H]4C[C@H]5[C@H](OC(C)=O)[C@@H]4[C@](OC(C)=O)(C[C@@H]5OC)[C@@H]1C[C@H]23. The van der Waals surface area contributed by atoms with E-state index in [-0.39, 0.29) is 59.7 Å². The lowest BCUT2D eigenvalue weighted by Gasteiger charge is -2.49. The van der Waals surface area contributed by atoms with E-state index in [1.807, 2.05) is 0 Å². The van der Waals surface area contributed by atoms with Crippen LogP contribution in [0.2, 0.25) is 0 Å². The summed E-state index contributed by atoms with van der Waals surface area (Å²) in [6.07, 6.45) is 1.95. The van der Waals surface area contributed by atoms with Crippen LogP contribution in [0.1, 0.15) is 52.9 Å². The monoisotopic (exact) mass is 536 g/mol. The predicted octanol–water partition coefficient (Wildman–Crippen LogP) is 2.26. The minimum absolute atomic E-state index is 0.00188. The Morgan fingerprint density at radius 2 is 1.63 bits per heavy atom. The third-order valence-corrected chi connectivity index (χ3v) is 11.2. The van der Waals surface area contributed by atoms with Crippen molar-refractivity contribution in [1.82, 2.24) is 0 Å². The summed E-state index contributed by atoms with van der Waals surface area (Å²) in [5.74, 6) is -1.29. The standard InChI is InChI=1S/C28H40O10/c1-13(29)35-24-16-9-17-22-18(27(23(17)24,37-15(3)31)11-19(16)33-5)10-20-26(12-32-4)8-7-21(34-6)28(20,22)38-25(26)36-14(2)30/h16-25H,7-12H2,1-6H3/t16-,17+,18-,19+,20-,21+,22-,23-,24+,25?,26+,27+,28-/m1/s1. The summed E-state index contributed by atoms with van der Waals surface area (Å²) in [4.78, 5) is 37.2. The highest BCUT2D eigenvalue weighted by molar-refractivity contribution is 5.68. The van der Waals surface area contributed by atoms with Crippen molar-refractivity contribution in [1.29, 1.82) is 0 Å². The highest BCUT2D eigenvalue weighted by atomic mass is 16.7. The van der Waals surface area contributed by atoms with Gasteiger partial charge in [-0.05, 0) is 31.6 Å². The quantitative estimate of drug-likeness (QED) is 0.354. The molecule has 5 aliphatic carbocycles. The molecule has 0 spiro atoms. The van der Waals surface area contributed by atoms with Gasteiger partial charge in [0.2, 0.25) is 6.29 Å². The molecule has 0 aromatic heterocycles. The van der Waals surface area contributed by atoms with E-state index in [1.54, 1.807) is 21.3 Å². The number of carbonyl (C=O) groups excluding carboxylic acids is 3. The van der Waals surface area contributed by atoms with Crippen molar-refractivity contribution in [3.8, 4) is 0 Å². The molecule has 0 aromatic carbocycles. The second-order valence-corrected chi connectivity index (χ2v) is 12.5. The number of fused-ring (bicyclic) bond motifs is 4. The molecule has 1 saturated heterocycles. The van der Waals surface area contributed by atoms with Gasteiger partial charge >= 0.3 is 17.9 Å². The number of rotatable bonds is 7. The average Bonchev–Trinajstić information content (AvgIpc) is 3.45. The molecule has 13 atom stereocenters. The molecule has 1 heterocycles. The fraction of sp³-hybridized carbons (Fsp3) is 0.893. The lowest BCUT2D eigenvalue weighted by molar-refractivity contribution is -0.232. The van der Waals surface area contributed by atoms with Crippen LogP contribution in [0.3, 0.4) is 0 Å². The summed E-state index contributed by atoms with van der Waals surface area (Å²) in [5, 5.41) is 0. The van der Waals surface area contributed by atoms with Gasteiger partial charge in [0.1, 0.15) is 17.3 Å². The summed E-state index contributed by atoms with van der Waals surface area (Å²) in [6.45, 7) is 4.67. The van der Waals surface area contributed by atoms with Crippen molar-refractivity contribution in [3.05, 3.63) is 0 Å². The molecule has 6 fully saturated rings. The van der Waals surface area contributed by atoms with Crippen LogP contribution in [-0.4, -0.2) is 81.6 Å². The van der Waals surface area contributed by atoms with Gasteiger partial charge in [-0.1, -0.05) is 0 Å². The van der Waals surface area contributed by atoms with E-state index in [9.17, 15) is 14.4 Å². The molecule has 0 aromatic rings. The molecule has 5 saturated carbocycles. The normalized spacial score (nSPS) is 51.3. The average molecular weight is 537 g/mol. The van der Waals surface area contributed by atoms with E-state index in [0.717, 1.165) is 19.3 Å². The molecular formula is C28H40O10. The maximum absolute atomic E-state index is 12.7. The number of esters is 3. The van der Waals surface area contributed by atoms with Crippen LogP contribution in [0, 0.1) is 40.9 Å². The van der Waals surface area contributed by atoms with E-state index in [1.165, 1.54) is 20.8 Å². The maximum atomic E-state index is 12.7. The molecule has 0 radical (unpaired) electrons. The minimum atomic E-state index is -0.853. The number of carbonyl (C=O) groups is 3. The van der Waals surface area contributed by atoms with Gasteiger partial charge in [-0.15, -0.1) is 0 Å². The molecule has 38 heavy (non-hydrogen) atoms. The van der Waals surface area contributed by atoms with Crippen molar-refractivity contribution >= 4 is 17.9 Å². The molecule has 0 amide bonds. The number of hydrogen-bond donors (Lipinski definition) is 0. The first-order valence-corrected chi connectivity index (χ1v) is 13.9. The highest BCUT2D eigenvalue weighted by Crippen LogP contribution is 2.78.